The van der Waals surface area contributed by atoms with Gasteiger partial charge in [-0.05, 0) is 30.4 Å². The molecule has 1 aromatic rings. The molecule has 2 aliphatic carbocycles. The van der Waals surface area contributed by atoms with E-state index in [1.807, 2.05) is 0 Å². The van der Waals surface area contributed by atoms with Crippen molar-refractivity contribution in [1.82, 2.24) is 0 Å². The minimum Gasteiger partial charge on any atom is -0.299 e. The Balaban J connectivity index is 2.08. The van der Waals surface area contributed by atoms with E-state index < -0.39 is 0 Å². The maximum absolute atomic E-state index is 12.2. The smallest absolute Gasteiger partial charge is 0.143 e. The lowest BCUT2D eigenvalue weighted by atomic mass is 9.47. The molecular formula is C15H18O. The van der Waals surface area contributed by atoms with Gasteiger partial charge >= 0.3 is 0 Å². The van der Waals surface area contributed by atoms with E-state index in [0.717, 1.165) is 19.3 Å². The molecule has 1 heteroatoms. The molecule has 1 saturated carbocycles. The Morgan fingerprint density at radius 1 is 1.38 bits per heavy atom. The average Bonchev–Trinajstić information content (AvgIpc) is 2.35. The van der Waals surface area contributed by atoms with Gasteiger partial charge in [0, 0.05) is 17.3 Å². The van der Waals surface area contributed by atoms with E-state index in [1.54, 1.807) is 0 Å². The second-order valence-electron chi connectivity index (χ2n) is 5.46. The third kappa shape index (κ3) is 1.04. The third-order valence-corrected chi connectivity index (χ3v) is 4.84. The van der Waals surface area contributed by atoms with Crippen LogP contribution in [0.3, 0.4) is 0 Å². The fourth-order valence-electron chi connectivity index (χ4n) is 3.70. The van der Waals surface area contributed by atoms with Gasteiger partial charge in [0.15, 0.2) is 0 Å². The Hall–Kier alpha value is -1.11. The molecule has 0 saturated heterocycles. The van der Waals surface area contributed by atoms with Gasteiger partial charge in [-0.15, -0.1) is 0 Å². The summed E-state index contributed by atoms with van der Waals surface area (Å²) in [7, 11) is 0. The molecule has 3 atom stereocenters. The Morgan fingerprint density at radius 2 is 2.12 bits per heavy atom. The second kappa shape index (κ2) is 3.19. The average molecular weight is 214 g/mol. The minimum absolute atomic E-state index is 0.0822. The van der Waals surface area contributed by atoms with Crippen LogP contribution in [-0.2, 0) is 11.2 Å². The van der Waals surface area contributed by atoms with E-state index >= 15 is 0 Å². The van der Waals surface area contributed by atoms with Crippen molar-refractivity contribution >= 4 is 5.78 Å². The molecular weight excluding hydrogens is 196 g/mol. The zero-order valence-corrected chi connectivity index (χ0v) is 9.99. The molecule has 0 N–H and O–H groups in total. The Kier molecular flexibility index (Phi) is 2.01. The molecule has 1 aromatic carbocycles. The number of fused-ring (bicyclic) bond motifs is 3. The number of aryl methyl sites for hydroxylation is 1. The van der Waals surface area contributed by atoms with Gasteiger partial charge in [-0.1, -0.05) is 38.1 Å². The quantitative estimate of drug-likeness (QED) is 0.700. The normalized spacial score (nSPS) is 36.2. The molecule has 0 amide bonds. The SMILES string of the molecule is CCC1(C)C(=O)C2CCc3ccccc3C21. The van der Waals surface area contributed by atoms with Crippen LogP contribution in [-0.4, -0.2) is 5.78 Å². The van der Waals surface area contributed by atoms with Crippen molar-refractivity contribution < 1.29 is 4.79 Å². The molecule has 3 unspecified atom stereocenters. The number of carbonyl (C=O) groups is 1. The van der Waals surface area contributed by atoms with Crippen LogP contribution < -0.4 is 0 Å². The minimum atomic E-state index is -0.0822. The van der Waals surface area contributed by atoms with E-state index in [0.29, 0.717) is 17.6 Å². The number of Topliss-reactive ketones (excluding diaryl/α,β-unsaturated/α-hetero) is 1. The lowest BCUT2D eigenvalue weighted by molar-refractivity contribution is -0.150. The topological polar surface area (TPSA) is 17.1 Å². The van der Waals surface area contributed by atoms with Gasteiger partial charge in [0.2, 0.25) is 0 Å². The summed E-state index contributed by atoms with van der Waals surface area (Å²) >= 11 is 0. The standard InChI is InChI=1S/C15H18O/c1-3-15(2)13-11-7-5-4-6-10(11)8-9-12(13)14(15)16/h4-7,12-13H,3,8-9H2,1-2H3. The predicted octanol–water partition coefficient (Wildman–Crippen LogP) is 3.33. The summed E-state index contributed by atoms with van der Waals surface area (Å²) < 4.78 is 0. The van der Waals surface area contributed by atoms with Crippen molar-refractivity contribution in [1.29, 1.82) is 0 Å². The second-order valence-corrected chi connectivity index (χ2v) is 5.46. The van der Waals surface area contributed by atoms with Crippen molar-refractivity contribution in [3.63, 3.8) is 0 Å². The summed E-state index contributed by atoms with van der Waals surface area (Å²) in [5.74, 6) is 1.32. The summed E-state index contributed by atoms with van der Waals surface area (Å²) in [5.41, 5.74) is 2.83. The van der Waals surface area contributed by atoms with Crippen LogP contribution >= 0.6 is 0 Å². The van der Waals surface area contributed by atoms with E-state index in [4.69, 9.17) is 0 Å². The van der Waals surface area contributed by atoms with Gasteiger partial charge in [-0.2, -0.15) is 0 Å². The molecule has 1 nitrogen and oxygen atoms in total. The molecule has 84 valence electrons. The lowest BCUT2D eigenvalue weighted by Crippen LogP contribution is -2.55. The van der Waals surface area contributed by atoms with Gasteiger partial charge in [0.25, 0.3) is 0 Å². The summed E-state index contributed by atoms with van der Waals surface area (Å²) in [6.45, 7) is 4.30. The predicted molar refractivity (Wildman–Crippen MR) is 64.4 cm³/mol. The molecule has 2 aliphatic rings. The number of rotatable bonds is 1. The van der Waals surface area contributed by atoms with Crippen molar-refractivity contribution in [3.8, 4) is 0 Å². The first-order valence-electron chi connectivity index (χ1n) is 6.30. The largest absolute Gasteiger partial charge is 0.299 e. The van der Waals surface area contributed by atoms with Crippen LogP contribution in [0.4, 0.5) is 0 Å². The maximum atomic E-state index is 12.2. The van der Waals surface area contributed by atoms with Crippen molar-refractivity contribution in [2.45, 2.75) is 39.0 Å². The molecule has 0 spiro atoms. The van der Waals surface area contributed by atoms with E-state index in [1.165, 1.54) is 11.1 Å². The van der Waals surface area contributed by atoms with Crippen molar-refractivity contribution in [2.24, 2.45) is 11.3 Å². The van der Waals surface area contributed by atoms with Crippen molar-refractivity contribution in [2.75, 3.05) is 0 Å². The number of hydrogen-bond donors (Lipinski definition) is 0. The van der Waals surface area contributed by atoms with Crippen LogP contribution in [0.5, 0.6) is 0 Å². The number of hydrogen-bond acceptors (Lipinski definition) is 1. The highest BCUT2D eigenvalue weighted by Crippen LogP contribution is 2.59. The molecule has 0 bridgehead atoms. The van der Waals surface area contributed by atoms with Crippen LogP contribution in [0, 0.1) is 11.3 Å². The highest BCUT2D eigenvalue weighted by atomic mass is 16.1. The first-order chi connectivity index (χ1) is 7.68. The zero-order valence-electron chi connectivity index (χ0n) is 9.99. The van der Waals surface area contributed by atoms with Crippen LogP contribution in [0.2, 0.25) is 0 Å². The molecule has 0 radical (unpaired) electrons. The summed E-state index contributed by atoms with van der Waals surface area (Å²) in [6.07, 6.45) is 3.13. The first-order valence-corrected chi connectivity index (χ1v) is 6.30. The monoisotopic (exact) mass is 214 g/mol. The van der Waals surface area contributed by atoms with Gasteiger partial charge < -0.3 is 0 Å². The van der Waals surface area contributed by atoms with Crippen LogP contribution in [0.25, 0.3) is 0 Å². The van der Waals surface area contributed by atoms with Gasteiger partial charge in [0.05, 0.1) is 0 Å². The van der Waals surface area contributed by atoms with Crippen LogP contribution in [0.1, 0.15) is 43.7 Å². The van der Waals surface area contributed by atoms with E-state index in [9.17, 15) is 4.79 Å². The molecule has 16 heavy (non-hydrogen) atoms. The molecule has 0 heterocycles. The summed E-state index contributed by atoms with van der Waals surface area (Å²) in [6, 6.07) is 8.68. The highest BCUT2D eigenvalue weighted by Gasteiger charge is 2.59. The fraction of sp³-hybridized carbons (Fsp3) is 0.533. The maximum Gasteiger partial charge on any atom is 0.143 e. The van der Waals surface area contributed by atoms with Crippen LogP contribution in [0.15, 0.2) is 24.3 Å². The molecule has 0 aliphatic heterocycles. The first kappa shape index (κ1) is 10.1. The summed E-state index contributed by atoms with van der Waals surface area (Å²) in [4.78, 5) is 12.2. The molecule has 1 fully saturated rings. The Morgan fingerprint density at radius 3 is 2.88 bits per heavy atom. The number of benzene rings is 1. The molecule has 0 aromatic heterocycles. The Labute approximate surface area is 96.9 Å². The molecule has 3 rings (SSSR count). The van der Waals surface area contributed by atoms with Gasteiger partial charge in [0.1, 0.15) is 5.78 Å². The lowest BCUT2D eigenvalue weighted by Gasteiger charge is -2.54. The number of ketones is 1. The number of carbonyl (C=O) groups excluding carboxylic acids is 1. The zero-order chi connectivity index (χ0) is 11.3. The van der Waals surface area contributed by atoms with E-state index in [2.05, 4.69) is 38.1 Å². The van der Waals surface area contributed by atoms with Gasteiger partial charge in [-0.3, -0.25) is 4.79 Å². The highest BCUT2D eigenvalue weighted by molar-refractivity contribution is 5.96. The Bertz CT molecular complexity index is 449. The fourth-order valence-corrected chi connectivity index (χ4v) is 3.70. The summed E-state index contributed by atoms with van der Waals surface area (Å²) in [5, 5.41) is 0. The van der Waals surface area contributed by atoms with Crippen molar-refractivity contribution in [3.05, 3.63) is 35.4 Å². The van der Waals surface area contributed by atoms with Gasteiger partial charge in [-0.25, -0.2) is 0 Å². The van der Waals surface area contributed by atoms with E-state index in [-0.39, 0.29) is 5.41 Å². The third-order valence-electron chi connectivity index (χ3n) is 4.84.